The molecule has 2 heterocycles. The smallest absolute Gasteiger partial charge is 0.271 e. The van der Waals surface area contributed by atoms with Crippen molar-refractivity contribution in [1.29, 1.82) is 0 Å². The van der Waals surface area contributed by atoms with Crippen molar-refractivity contribution >= 4 is 23.2 Å². The normalized spacial score (nSPS) is 19.3. The van der Waals surface area contributed by atoms with E-state index in [9.17, 15) is 9.59 Å². The van der Waals surface area contributed by atoms with Gasteiger partial charge in [-0.25, -0.2) is 4.98 Å². The van der Waals surface area contributed by atoms with Crippen LogP contribution in [0.4, 0.5) is 0 Å². The van der Waals surface area contributed by atoms with E-state index in [1.54, 1.807) is 24.4 Å². The number of thiazole rings is 1. The van der Waals surface area contributed by atoms with E-state index < -0.39 is 6.04 Å². The van der Waals surface area contributed by atoms with E-state index in [4.69, 9.17) is 4.74 Å². The highest BCUT2D eigenvalue weighted by atomic mass is 32.1. The Morgan fingerprint density at radius 1 is 1.72 bits per heavy atom. The van der Waals surface area contributed by atoms with Gasteiger partial charge in [-0.3, -0.25) is 9.59 Å². The second-order valence-electron chi connectivity index (χ2n) is 4.13. The number of nitrogens with one attached hydrogen (secondary N) is 1. The molecule has 2 amide bonds. The monoisotopic (exact) mass is 269 g/mol. The van der Waals surface area contributed by atoms with Gasteiger partial charge in [0.1, 0.15) is 16.7 Å². The van der Waals surface area contributed by atoms with Gasteiger partial charge in [0.2, 0.25) is 5.91 Å². The van der Waals surface area contributed by atoms with Crippen molar-refractivity contribution in [2.24, 2.45) is 0 Å². The van der Waals surface area contributed by atoms with Gasteiger partial charge >= 0.3 is 0 Å². The first-order chi connectivity index (χ1) is 8.61. The van der Waals surface area contributed by atoms with Gasteiger partial charge in [0.15, 0.2) is 0 Å². The number of rotatable bonds is 4. The summed E-state index contributed by atoms with van der Waals surface area (Å²) in [5.41, 5.74) is 0.342. The molecule has 0 aliphatic carbocycles. The van der Waals surface area contributed by atoms with Gasteiger partial charge in [0.25, 0.3) is 5.91 Å². The molecule has 18 heavy (non-hydrogen) atoms. The summed E-state index contributed by atoms with van der Waals surface area (Å²) in [7, 11) is 3.31. The summed E-state index contributed by atoms with van der Waals surface area (Å²) in [6.45, 7) is 1.07. The summed E-state index contributed by atoms with van der Waals surface area (Å²) in [4.78, 5) is 29.3. The minimum Gasteiger partial charge on any atom is -0.378 e. The van der Waals surface area contributed by atoms with Gasteiger partial charge in [0.05, 0.1) is 6.61 Å². The van der Waals surface area contributed by atoms with E-state index in [1.807, 2.05) is 0 Å². The summed E-state index contributed by atoms with van der Waals surface area (Å²) in [5, 5.41) is 5.13. The van der Waals surface area contributed by atoms with E-state index in [0.29, 0.717) is 25.3 Å². The molecular formula is C11H15N3O3S. The number of methoxy groups -OCH3 is 1. The van der Waals surface area contributed by atoms with Gasteiger partial charge in [-0.1, -0.05) is 0 Å². The maximum atomic E-state index is 11.9. The molecule has 1 aliphatic heterocycles. The zero-order valence-corrected chi connectivity index (χ0v) is 11.1. The van der Waals surface area contributed by atoms with Gasteiger partial charge in [0, 0.05) is 26.1 Å². The predicted octanol–water partition coefficient (Wildman–Crippen LogP) is 0.250. The van der Waals surface area contributed by atoms with Crippen molar-refractivity contribution in [3.63, 3.8) is 0 Å². The summed E-state index contributed by atoms with van der Waals surface area (Å²) in [5.74, 6) is -0.349. The Morgan fingerprint density at radius 3 is 3.11 bits per heavy atom. The molecule has 0 unspecified atom stereocenters. The average molecular weight is 269 g/mol. The predicted molar refractivity (Wildman–Crippen MR) is 66.3 cm³/mol. The molecule has 1 fully saturated rings. The number of amides is 2. The Morgan fingerprint density at radius 2 is 2.50 bits per heavy atom. The molecule has 0 radical (unpaired) electrons. The first kappa shape index (κ1) is 13.0. The third kappa shape index (κ3) is 2.68. The lowest BCUT2D eigenvalue weighted by Crippen LogP contribution is -2.40. The average Bonchev–Trinajstić information content (AvgIpc) is 2.92. The van der Waals surface area contributed by atoms with Crippen LogP contribution in [0.25, 0.3) is 0 Å². The molecule has 1 aromatic rings. The van der Waals surface area contributed by atoms with Crippen LogP contribution in [0.5, 0.6) is 0 Å². The first-order valence-corrected chi connectivity index (χ1v) is 6.49. The maximum absolute atomic E-state index is 11.9. The van der Waals surface area contributed by atoms with Gasteiger partial charge in [-0.2, -0.15) is 0 Å². The summed E-state index contributed by atoms with van der Waals surface area (Å²) in [6.07, 6.45) is 0.649. The Kier molecular flexibility index (Phi) is 3.93. The molecule has 0 bridgehead atoms. The number of hydrogen-bond acceptors (Lipinski definition) is 5. The molecule has 7 heteroatoms. The maximum Gasteiger partial charge on any atom is 0.271 e. The topological polar surface area (TPSA) is 71.5 Å². The highest BCUT2D eigenvalue weighted by molar-refractivity contribution is 7.09. The molecule has 6 nitrogen and oxygen atoms in total. The fourth-order valence-electron chi connectivity index (χ4n) is 1.79. The Labute approximate surface area is 109 Å². The number of nitrogens with zero attached hydrogens (tertiary/aromatic N) is 2. The molecule has 0 saturated carbocycles. The largest absolute Gasteiger partial charge is 0.378 e. The van der Waals surface area contributed by atoms with Crippen molar-refractivity contribution in [3.05, 3.63) is 16.1 Å². The van der Waals surface area contributed by atoms with Gasteiger partial charge in [-0.05, 0) is 6.42 Å². The number of likely N-dealkylation sites (tertiary alicyclic amines) is 1. The molecule has 0 spiro atoms. The van der Waals surface area contributed by atoms with Crippen molar-refractivity contribution in [2.75, 3.05) is 20.7 Å². The van der Waals surface area contributed by atoms with E-state index in [0.717, 1.165) is 5.01 Å². The Bertz CT molecular complexity index is 460. The van der Waals surface area contributed by atoms with Crippen LogP contribution in [0, 0.1) is 0 Å². The van der Waals surface area contributed by atoms with Crippen LogP contribution < -0.4 is 5.32 Å². The van der Waals surface area contributed by atoms with Crippen LogP contribution in [0.15, 0.2) is 5.38 Å². The zero-order valence-electron chi connectivity index (χ0n) is 10.3. The highest BCUT2D eigenvalue weighted by Gasteiger charge is 2.30. The van der Waals surface area contributed by atoms with Crippen molar-refractivity contribution < 1.29 is 14.3 Å². The lowest BCUT2D eigenvalue weighted by molar-refractivity contribution is -0.128. The fraction of sp³-hybridized carbons (Fsp3) is 0.545. The Hall–Kier alpha value is -1.47. The molecule has 1 atom stereocenters. The summed E-state index contributed by atoms with van der Waals surface area (Å²) < 4.78 is 4.94. The minimum absolute atomic E-state index is 0.0457. The number of ether oxygens (including phenoxy) is 1. The van der Waals surface area contributed by atoms with E-state index in [1.165, 1.54) is 11.3 Å². The van der Waals surface area contributed by atoms with Gasteiger partial charge in [-0.15, -0.1) is 11.3 Å². The minimum atomic E-state index is -0.421. The molecule has 2 rings (SSSR count). The number of hydrogen-bond donors (Lipinski definition) is 1. The molecule has 0 aromatic carbocycles. The fourth-order valence-corrected chi connectivity index (χ4v) is 2.54. The third-order valence-electron chi connectivity index (χ3n) is 2.79. The Balaban J connectivity index is 1.97. The molecule has 1 N–H and O–H groups in total. The van der Waals surface area contributed by atoms with E-state index in [2.05, 4.69) is 10.3 Å². The van der Waals surface area contributed by atoms with E-state index >= 15 is 0 Å². The number of carbonyl (C=O) groups is 2. The molecule has 1 saturated heterocycles. The van der Waals surface area contributed by atoms with Crippen molar-refractivity contribution in [1.82, 2.24) is 15.2 Å². The molecule has 1 aromatic heterocycles. The third-order valence-corrected chi connectivity index (χ3v) is 3.61. The van der Waals surface area contributed by atoms with E-state index in [-0.39, 0.29) is 11.8 Å². The van der Waals surface area contributed by atoms with Crippen LogP contribution in [-0.4, -0.2) is 48.4 Å². The molecule has 98 valence electrons. The highest BCUT2D eigenvalue weighted by Crippen LogP contribution is 2.13. The number of likely N-dealkylation sites (N-methyl/N-ethyl adjacent to an activating group) is 1. The second kappa shape index (κ2) is 5.45. The number of aromatic nitrogens is 1. The molecular weight excluding hydrogens is 254 g/mol. The van der Waals surface area contributed by atoms with Crippen LogP contribution in [-0.2, 0) is 16.1 Å². The zero-order chi connectivity index (χ0) is 13.1. The van der Waals surface area contributed by atoms with Crippen LogP contribution in [0.3, 0.4) is 0 Å². The molecule has 1 aliphatic rings. The lowest BCUT2D eigenvalue weighted by Gasteiger charge is -2.11. The van der Waals surface area contributed by atoms with Crippen molar-refractivity contribution in [2.45, 2.75) is 19.1 Å². The van der Waals surface area contributed by atoms with Crippen LogP contribution in [0.2, 0.25) is 0 Å². The van der Waals surface area contributed by atoms with Crippen LogP contribution >= 0.6 is 11.3 Å². The second-order valence-corrected chi connectivity index (χ2v) is 5.08. The SMILES string of the molecule is COCc1nc(C(=O)N[C@H]2CCN(C)C2=O)cs1. The van der Waals surface area contributed by atoms with Crippen LogP contribution in [0.1, 0.15) is 21.9 Å². The summed E-state index contributed by atoms with van der Waals surface area (Å²) >= 11 is 1.37. The van der Waals surface area contributed by atoms with Crippen molar-refractivity contribution in [3.8, 4) is 0 Å². The quantitative estimate of drug-likeness (QED) is 0.850. The first-order valence-electron chi connectivity index (χ1n) is 5.61. The standard InChI is InChI=1S/C11H15N3O3S/c1-14-4-3-7(11(14)16)13-10(15)8-6-18-9(12-8)5-17-2/h6-7H,3-5H2,1-2H3,(H,13,15)/t7-/m0/s1. The lowest BCUT2D eigenvalue weighted by atomic mass is 10.2. The van der Waals surface area contributed by atoms with Gasteiger partial charge < -0.3 is 15.0 Å². The number of carbonyl (C=O) groups excluding carboxylic acids is 2. The summed E-state index contributed by atoms with van der Waals surface area (Å²) in [6, 6.07) is -0.421.